The fourth-order valence-electron chi connectivity index (χ4n) is 3.10. The molecule has 0 atom stereocenters. The molecular weight excluding hydrogens is 378 g/mol. The third kappa shape index (κ3) is 3.43. The van der Waals surface area contributed by atoms with Crippen LogP contribution in [0.4, 0.5) is 0 Å². The van der Waals surface area contributed by atoms with Crippen molar-refractivity contribution >= 4 is 50.5 Å². The summed E-state index contributed by atoms with van der Waals surface area (Å²) in [4.78, 5) is 20.3. The molecule has 0 spiro atoms. The molecule has 27 heavy (non-hydrogen) atoms. The maximum Gasteiger partial charge on any atom is 0.193 e. The van der Waals surface area contributed by atoms with Crippen LogP contribution in [0.5, 0.6) is 0 Å². The Morgan fingerprint density at radius 1 is 1.30 bits per heavy atom. The minimum atomic E-state index is -1.12. The van der Waals surface area contributed by atoms with Gasteiger partial charge in [-0.15, -0.1) is 22.7 Å². The molecule has 3 heterocycles. The van der Waals surface area contributed by atoms with Crippen LogP contribution in [0.25, 0.3) is 27.0 Å². The first-order valence-electron chi connectivity index (χ1n) is 8.38. The molecule has 136 valence electrons. The summed E-state index contributed by atoms with van der Waals surface area (Å²) in [6.07, 6.45) is 3.50. The van der Waals surface area contributed by atoms with Crippen molar-refractivity contribution in [3.63, 3.8) is 0 Å². The van der Waals surface area contributed by atoms with Crippen LogP contribution in [0.1, 0.15) is 28.4 Å². The molecule has 1 aromatic carbocycles. The van der Waals surface area contributed by atoms with E-state index in [1.165, 1.54) is 11.3 Å². The second kappa shape index (κ2) is 7.09. The Labute approximate surface area is 164 Å². The molecule has 5 nitrogen and oxygen atoms in total. The zero-order chi connectivity index (χ0) is 19.0. The van der Waals surface area contributed by atoms with Gasteiger partial charge in [0, 0.05) is 35.4 Å². The van der Waals surface area contributed by atoms with Crippen LogP contribution in [-0.2, 0) is 4.79 Å². The largest absolute Gasteiger partial charge is 0.550 e. The summed E-state index contributed by atoms with van der Waals surface area (Å²) >= 11 is 3.06. The zero-order valence-corrected chi connectivity index (χ0v) is 16.4. The lowest BCUT2D eigenvalue weighted by molar-refractivity contribution is -0.304. The number of carbonyl (C=O) groups excluding carboxylic acids is 1. The highest BCUT2D eigenvalue weighted by atomic mass is 32.1. The molecule has 0 amide bonds. The van der Waals surface area contributed by atoms with Gasteiger partial charge in [0.2, 0.25) is 0 Å². The number of carbonyl (C=O) groups is 1. The lowest BCUT2D eigenvalue weighted by Gasteiger charge is -2.07. The topological polar surface area (TPSA) is 70.8 Å². The first-order chi connectivity index (χ1) is 13.0. The molecule has 0 saturated heterocycles. The Morgan fingerprint density at radius 3 is 2.81 bits per heavy atom. The summed E-state index contributed by atoms with van der Waals surface area (Å²) in [7, 11) is 0. The number of para-hydroxylation sites is 1. The molecule has 4 aromatic rings. The third-order valence-corrected chi connectivity index (χ3v) is 6.18. The van der Waals surface area contributed by atoms with E-state index in [0.29, 0.717) is 10.6 Å². The number of carboxylic acids is 1. The highest BCUT2D eigenvalue weighted by Gasteiger charge is 2.14. The molecule has 3 aromatic heterocycles. The van der Waals surface area contributed by atoms with E-state index in [-0.39, 0.29) is 6.42 Å². The second-order valence-electron chi connectivity index (χ2n) is 6.18. The van der Waals surface area contributed by atoms with E-state index in [0.717, 1.165) is 32.3 Å². The van der Waals surface area contributed by atoms with E-state index in [4.69, 9.17) is 0 Å². The number of rotatable bonds is 5. The Kier molecular flexibility index (Phi) is 4.63. The number of hydrogen-bond donors (Lipinski definition) is 0. The maximum atomic E-state index is 11.3. The zero-order valence-electron chi connectivity index (χ0n) is 14.8. The van der Waals surface area contributed by atoms with Gasteiger partial charge in [0.25, 0.3) is 0 Å². The van der Waals surface area contributed by atoms with Gasteiger partial charge in [-0.1, -0.05) is 12.1 Å². The van der Waals surface area contributed by atoms with Crippen molar-refractivity contribution in [2.45, 2.75) is 20.3 Å². The molecule has 0 bridgehead atoms. The summed E-state index contributed by atoms with van der Waals surface area (Å²) < 4.78 is 3.11. The van der Waals surface area contributed by atoms with Crippen LogP contribution in [-0.4, -0.2) is 20.5 Å². The molecule has 0 saturated carbocycles. The average Bonchev–Trinajstić information content (AvgIpc) is 3.34. The summed E-state index contributed by atoms with van der Waals surface area (Å²) in [6.45, 7) is 4.02. The number of fused-ring (bicyclic) bond motifs is 1. The molecule has 4 rings (SSSR count). The molecular formula is C20H16N3O2S2-. The molecule has 0 unspecified atom stereocenters. The maximum absolute atomic E-state index is 11.3. The molecule has 0 aliphatic heterocycles. The monoisotopic (exact) mass is 394 g/mol. The van der Waals surface area contributed by atoms with E-state index in [1.807, 2.05) is 55.6 Å². The average molecular weight is 395 g/mol. The Balaban J connectivity index is 1.82. The smallest absolute Gasteiger partial charge is 0.193 e. The van der Waals surface area contributed by atoms with E-state index in [1.54, 1.807) is 17.5 Å². The van der Waals surface area contributed by atoms with Gasteiger partial charge in [-0.2, -0.15) is 0 Å². The lowest BCUT2D eigenvalue weighted by atomic mass is 10.1. The Morgan fingerprint density at radius 2 is 2.11 bits per heavy atom. The van der Waals surface area contributed by atoms with Gasteiger partial charge in [-0.3, -0.25) is 4.57 Å². The first-order valence-corrected chi connectivity index (χ1v) is 10.1. The van der Waals surface area contributed by atoms with Crippen molar-refractivity contribution in [2.75, 3.05) is 0 Å². The number of aromatic nitrogens is 3. The molecule has 0 fully saturated rings. The highest BCUT2D eigenvalue weighted by Crippen LogP contribution is 2.32. The number of nitrogens with zero attached hydrogens (tertiary/aromatic N) is 3. The van der Waals surface area contributed by atoms with Crippen LogP contribution in [0, 0.1) is 13.8 Å². The third-order valence-electron chi connectivity index (χ3n) is 4.31. The molecule has 0 radical (unpaired) electrons. The number of benzene rings is 1. The standard InChI is InChI=1S/C20H17N3O2S2/c1-12-9-14(13(2)23(12)20-21-7-8-26-20)10-15(11-18(24)25)19-22-16-5-3-4-6-17(16)27-19/h3-10H,11H2,1-2H3,(H,24,25)/p-1/b15-10+. The Bertz CT molecular complexity index is 1120. The van der Waals surface area contributed by atoms with Crippen LogP contribution >= 0.6 is 22.7 Å². The van der Waals surface area contributed by atoms with Gasteiger partial charge in [-0.05, 0) is 49.3 Å². The van der Waals surface area contributed by atoms with Crippen LogP contribution in [0.15, 0.2) is 41.9 Å². The van der Waals surface area contributed by atoms with Crippen LogP contribution in [0.3, 0.4) is 0 Å². The number of hydrogen-bond acceptors (Lipinski definition) is 6. The van der Waals surface area contributed by atoms with E-state index >= 15 is 0 Å². The van der Waals surface area contributed by atoms with E-state index in [9.17, 15) is 9.90 Å². The van der Waals surface area contributed by atoms with Crippen molar-refractivity contribution in [1.82, 2.24) is 14.5 Å². The molecule has 0 aliphatic rings. The highest BCUT2D eigenvalue weighted by molar-refractivity contribution is 7.19. The minimum Gasteiger partial charge on any atom is -0.550 e. The van der Waals surface area contributed by atoms with Crippen molar-refractivity contribution in [1.29, 1.82) is 0 Å². The van der Waals surface area contributed by atoms with Crippen LogP contribution < -0.4 is 5.11 Å². The van der Waals surface area contributed by atoms with Crippen LogP contribution in [0.2, 0.25) is 0 Å². The fraction of sp³-hybridized carbons (Fsp3) is 0.150. The second-order valence-corrected chi connectivity index (χ2v) is 8.09. The normalized spacial score (nSPS) is 12.0. The lowest BCUT2D eigenvalue weighted by Crippen LogP contribution is -2.22. The molecule has 0 N–H and O–H groups in total. The van der Waals surface area contributed by atoms with E-state index in [2.05, 4.69) is 14.5 Å². The number of carboxylic acid groups (broad SMARTS) is 1. The van der Waals surface area contributed by atoms with Crippen molar-refractivity contribution in [2.24, 2.45) is 0 Å². The summed E-state index contributed by atoms with van der Waals surface area (Å²) in [5, 5.41) is 14.9. The van der Waals surface area contributed by atoms with Gasteiger partial charge >= 0.3 is 0 Å². The summed E-state index contributed by atoms with van der Waals surface area (Å²) in [6, 6.07) is 9.84. The van der Waals surface area contributed by atoms with Crippen molar-refractivity contribution in [3.8, 4) is 5.13 Å². The number of aryl methyl sites for hydroxylation is 1. The van der Waals surface area contributed by atoms with Gasteiger partial charge < -0.3 is 9.90 Å². The molecule has 7 heteroatoms. The predicted molar refractivity (Wildman–Crippen MR) is 108 cm³/mol. The van der Waals surface area contributed by atoms with Crippen molar-refractivity contribution < 1.29 is 9.90 Å². The van der Waals surface area contributed by atoms with Gasteiger partial charge in [0.15, 0.2) is 5.13 Å². The summed E-state index contributed by atoms with van der Waals surface area (Å²) in [5.74, 6) is -1.12. The van der Waals surface area contributed by atoms with E-state index < -0.39 is 5.97 Å². The molecule has 0 aliphatic carbocycles. The quantitative estimate of drug-likeness (QED) is 0.516. The fourth-order valence-corrected chi connectivity index (χ4v) is 4.83. The van der Waals surface area contributed by atoms with Gasteiger partial charge in [0.1, 0.15) is 5.01 Å². The predicted octanol–water partition coefficient (Wildman–Crippen LogP) is 3.84. The number of thiazole rings is 2. The summed E-state index contributed by atoms with van der Waals surface area (Å²) in [5.41, 5.74) is 4.54. The number of aliphatic carboxylic acids is 1. The SMILES string of the molecule is Cc1cc(/C=C(\CC(=O)[O-])c2nc3ccccc3s2)c(C)n1-c1nccs1. The first kappa shape index (κ1) is 17.6. The van der Waals surface area contributed by atoms with Gasteiger partial charge in [0.05, 0.1) is 10.2 Å². The minimum absolute atomic E-state index is 0.180. The Hall–Kier alpha value is -2.77. The van der Waals surface area contributed by atoms with Gasteiger partial charge in [-0.25, -0.2) is 9.97 Å². The van der Waals surface area contributed by atoms with Crippen molar-refractivity contribution in [3.05, 3.63) is 63.9 Å².